The maximum atomic E-state index is 10.9. The number of carbonyl (C=O) groups is 1. The molecule has 0 fully saturated rings. The van der Waals surface area contributed by atoms with E-state index in [1.807, 2.05) is 24.3 Å². The first-order valence-corrected chi connectivity index (χ1v) is 4.30. The van der Waals surface area contributed by atoms with Crippen molar-refractivity contribution >= 4 is 17.7 Å². The van der Waals surface area contributed by atoms with E-state index in [4.69, 9.17) is 0 Å². The summed E-state index contributed by atoms with van der Waals surface area (Å²) >= 11 is 0. The minimum atomic E-state index is -0.288. The SMILES string of the molecule is C=Cc1ccccc1NCC(=O)OC. The third kappa shape index (κ3) is 2.62. The number of hydrogen-bond donors (Lipinski definition) is 1. The van der Waals surface area contributed by atoms with Crippen LogP contribution in [0.4, 0.5) is 5.69 Å². The standard InChI is InChI=1S/C11H13NO2/c1-3-9-6-4-5-7-10(9)12-8-11(13)14-2/h3-7,12H,1,8H2,2H3. The molecule has 0 bridgehead atoms. The first-order chi connectivity index (χ1) is 6.77. The quantitative estimate of drug-likeness (QED) is 0.739. The summed E-state index contributed by atoms with van der Waals surface area (Å²) in [7, 11) is 1.36. The average molecular weight is 191 g/mol. The van der Waals surface area contributed by atoms with Crippen LogP contribution < -0.4 is 5.32 Å². The molecule has 0 spiro atoms. The van der Waals surface area contributed by atoms with Gasteiger partial charge in [-0.2, -0.15) is 0 Å². The largest absolute Gasteiger partial charge is 0.468 e. The first-order valence-electron chi connectivity index (χ1n) is 4.30. The van der Waals surface area contributed by atoms with Gasteiger partial charge >= 0.3 is 5.97 Å². The molecule has 0 aliphatic rings. The molecule has 1 rings (SSSR count). The fraction of sp³-hybridized carbons (Fsp3) is 0.182. The number of methoxy groups -OCH3 is 1. The second kappa shape index (κ2) is 5.07. The average Bonchev–Trinajstić information content (AvgIpc) is 2.26. The molecule has 0 aromatic heterocycles. The number of anilines is 1. The van der Waals surface area contributed by atoms with Gasteiger partial charge in [0.25, 0.3) is 0 Å². The summed E-state index contributed by atoms with van der Waals surface area (Å²) in [6.45, 7) is 3.85. The van der Waals surface area contributed by atoms with Crippen molar-refractivity contribution in [3.8, 4) is 0 Å². The van der Waals surface area contributed by atoms with Gasteiger partial charge in [-0.15, -0.1) is 0 Å². The Bertz CT molecular complexity index is 334. The van der Waals surface area contributed by atoms with Gasteiger partial charge in [-0.3, -0.25) is 4.79 Å². The Kier molecular flexibility index (Phi) is 3.73. The molecule has 0 radical (unpaired) electrons. The van der Waals surface area contributed by atoms with Crippen LogP contribution in [-0.2, 0) is 9.53 Å². The molecule has 0 aliphatic heterocycles. The van der Waals surface area contributed by atoms with Crippen molar-refractivity contribution < 1.29 is 9.53 Å². The molecule has 3 heteroatoms. The summed E-state index contributed by atoms with van der Waals surface area (Å²) in [5.74, 6) is -0.288. The Morgan fingerprint density at radius 1 is 1.57 bits per heavy atom. The number of rotatable bonds is 4. The molecule has 74 valence electrons. The van der Waals surface area contributed by atoms with Gasteiger partial charge < -0.3 is 10.1 Å². The summed E-state index contributed by atoms with van der Waals surface area (Å²) in [5.41, 5.74) is 1.85. The first kappa shape index (κ1) is 10.3. The van der Waals surface area contributed by atoms with E-state index < -0.39 is 0 Å². The lowest BCUT2D eigenvalue weighted by Gasteiger charge is -2.07. The monoisotopic (exact) mass is 191 g/mol. The highest BCUT2D eigenvalue weighted by molar-refractivity contribution is 5.76. The predicted octanol–water partition coefficient (Wildman–Crippen LogP) is 1.91. The number of para-hydroxylation sites is 1. The molecule has 0 amide bonds. The molecule has 1 aromatic carbocycles. The van der Waals surface area contributed by atoms with Crippen LogP contribution in [-0.4, -0.2) is 19.6 Å². The van der Waals surface area contributed by atoms with Crippen LogP contribution in [0.25, 0.3) is 6.08 Å². The van der Waals surface area contributed by atoms with Crippen molar-refractivity contribution in [1.29, 1.82) is 0 Å². The van der Waals surface area contributed by atoms with E-state index >= 15 is 0 Å². The smallest absolute Gasteiger partial charge is 0.325 e. The minimum Gasteiger partial charge on any atom is -0.468 e. The summed E-state index contributed by atoms with van der Waals surface area (Å²) < 4.78 is 4.52. The minimum absolute atomic E-state index is 0.168. The normalized spacial score (nSPS) is 9.21. The van der Waals surface area contributed by atoms with Gasteiger partial charge in [-0.1, -0.05) is 30.9 Å². The molecule has 0 heterocycles. The van der Waals surface area contributed by atoms with E-state index in [2.05, 4.69) is 16.6 Å². The molecule has 0 unspecified atom stereocenters. The highest BCUT2D eigenvalue weighted by Gasteiger charge is 2.01. The van der Waals surface area contributed by atoms with Crippen LogP contribution in [0.3, 0.4) is 0 Å². The Hall–Kier alpha value is -1.77. The van der Waals surface area contributed by atoms with E-state index in [1.165, 1.54) is 7.11 Å². The van der Waals surface area contributed by atoms with Crippen LogP contribution in [0.2, 0.25) is 0 Å². The molecule has 1 N–H and O–H groups in total. The fourth-order valence-electron chi connectivity index (χ4n) is 1.08. The highest BCUT2D eigenvalue weighted by atomic mass is 16.5. The number of esters is 1. The topological polar surface area (TPSA) is 38.3 Å². The van der Waals surface area contributed by atoms with E-state index in [0.29, 0.717) is 0 Å². The summed E-state index contributed by atoms with van der Waals surface area (Å²) in [4.78, 5) is 10.9. The van der Waals surface area contributed by atoms with Crippen LogP contribution in [0.15, 0.2) is 30.8 Å². The molecule has 0 aliphatic carbocycles. The zero-order valence-electron chi connectivity index (χ0n) is 8.12. The molecule has 0 saturated carbocycles. The fourth-order valence-corrected chi connectivity index (χ4v) is 1.08. The maximum Gasteiger partial charge on any atom is 0.325 e. The van der Waals surface area contributed by atoms with Crippen molar-refractivity contribution in [1.82, 2.24) is 0 Å². The molecular formula is C11H13NO2. The van der Waals surface area contributed by atoms with Crippen molar-refractivity contribution in [2.24, 2.45) is 0 Å². The molecule has 0 atom stereocenters. The summed E-state index contributed by atoms with van der Waals surface area (Å²) in [6, 6.07) is 7.62. The van der Waals surface area contributed by atoms with Gasteiger partial charge in [-0.05, 0) is 11.6 Å². The number of nitrogens with one attached hydrogen (secondary N) is 1. The number of hydrogen-bond acceptors (Lipinski definition) is 3. The Morgan fingerprint density at radius 3 is 2.93 bits per heavy atom. The lowest BCUT2D eigenvalue weighted by molar-refractivity contribution is -0.138. The Morgan fingerprint density at radius 2 is 2.29 bits per heavy atom. The van der Waals surface area contributed by atoms with Crippen LogP contribution in [0.1, 0.15) is 5.56 Å². The molecular weight excluding hydrogens is 178 g/mol. The Labute approximate surface area is 83.4 Å². The third-order valence-corrected chi connectivity index (χ3v) is 1.83. The summed E-state index contributed by atoms with van der Waals surface area (Å²) in [6.07, 6.45) is 1.74. The molecule has 3 nitrogen and oxygen atoms in total. The van der Waals surface area contributed by atoms with Crippen molar-refractivity contribution in [2.45, 2.75) is 0 Å². The predicted molar refractivity (Wildman–Crippen MR) is 57.0 cm³/mol. The highest BCUT2D eigenvalue weighted by Crippen LogP contribution is 2.15. The number of benzene rings is 1. The van der Waals surface area contributed by atoms with Crippen LogP contribution in [0, 0.1) is 0 Å². The van der Waals surface area contributed by atoms with Gasteiger partial charge in [0.2, 0.25) is 0 Å². The maximum absolute atomic E-state index is 10.9. The van der Waals surface area contributed by atoms with Crippen LogP contribution >= 0.6 is 0 Å². The number of ether oxygens (including phenoxy) is 1. The van der Waals surface area contributed by atoms with Crippen molar-refractivity contribution in [3.05, 3.63) is 36.4 Å². The molecule has 1 aromatic rings. The van der Waals surface area contributed by atoms with E-state index in [0.717, 1.165) is 11.3 Å². The zero-order valence-corrected chi connectivity index (χ0v) is 8.12. The lowest BCUT2D eigenvalue weighted by Crippen LogP contribution is -2.15. The van der Waals surface area contributed by atoms with Gasteiger partial charge in [0.1, 0.15) is 6.54 Å². The van der Waals surface area contributed by atoms with Crippen molar-refractivity contribution in [3.63, 3.8) is 0 Å². The Balaban J connectivity index is 2.66. The van der Waals surface area contributed by atoms with Gasteiger partial charge in [0, 0.05) is 5.69 Å². The second-order valence-electron chi connectivity index (χ2n) is 2.72. The van der Waals surface area contributed by atoms with Crippen molar-refractivity contribution in [2.75, 3.05) is 19.0 Å². The van der Waals surface area contributed by atoms with Gasteiger partial charge in [0.05, 0.1) is 7.11 Å². The molecule has 14 heavy (non-hydrogen) atoms. The van der Waals surface area contributed by atoms with Gasteiger partial charge in [-0.25, -0.2) is 0 Å². The summed E-state index contributed by atoms with van der Waals surface area (Å²) in [5, 5.41) is 2.97. The zero-order chi connectivity index (χ0) is 10.4. The lowest BCUT2D eigenvalue weighted by atomic mass is 10.2. The second-order valence-corrected chi connectivity index (χ2v) is 2.72. The third-order valence-electron chi connectivity index (χ3n) is 1.83. The van der Waals surface area contributed by atoms with E-state index in [-0.39, 0.29) is 12.5 Å². The number of carbonyl (C=O) groups excluding carboxylic acids is 1. The van der Waals surface area contributed by atoms with E-state index in [9.17, 15) is 4.79 Å². The van der Waals surface area contributed by atoms with Gasteiger partial charge in [0.15, 0.2) is 0 Å². The van der Waals surface area contributed by atoms with E-state index in [1.54, 1.807) is 6.08 Å². The molecule has 0 saturated heterocycles. The van der Waals surface area contributed by atoms with Crippen LogP contribution in [0.5, 0.6) is 0 Å².